The molecule has 0 aliphatic heterocycles. The molecule has 0 saturated carbocycles. The van der Waals surface area contributed by atoms with Gasteiger partial charge < -0.3 is 192 Å². The zero-order valence-electron chi connectivity index (χ0n) is 58.4. The smallest absolute Gasteiger partial charge is 0.470 e. The summed E-state index contributed by atoms with van der Waals surface area (Å²) in [6, 6.07) is 0. The summed E-state index contributed by atoms with van der Waals surface area (Å²) in [5.74, 6) is 0. The molecular formula is C41H94N5O54P12-11. The summed E-state index contributed by atoms with van der Waals surface area (Å²) < 4.78 is 275. The summed E-state index contributed by atoms with van der Waals surface area (Å²) in [4.78, 5) is 153. The van der Waals surface area contributed by atoms with Crippen LogP contribution in [-0.2, 0) is 183 Å². The number of nitrogens with one attached hydrogen (secondary N) is 5. The summed E-state index contributed by atoms with van der Waals surface area (Å²) in [7, 11) is -57.7. The quantitative estimate of drug-likeness (QED) is 0.0159. The second-order valence-corrected chi connectivity index (χ2v) is 35.9. The van der Waals surface area contributed by atoms with Gasteiger partial charge in [-0.05, 0) is 35.2 Å². The van der Waals surface area contributed by atoms with Gasteiger partial charge in [-0.1, -0.05) is 14.9 Å². The number of hydrogen-bond donors (Lipinski definition) is 8. The molecule has 0 heterocycles. The first-order valence-corrected chi connectivity index (χ1v) is 47.8. The number of hydrogen-bond acceptors (Lipinski definition) is 57. The second-order valence-electron chi connectivity index (χ2n) is 19.4. The molecular weight excluding hydrogens is 1800 g/mol. The van der Waals surface area contributed by atoms with E-state index in [9.17, 15) is 114 Å². The first-order valence-electron chi connectivity index (χ1n) is 30.2. The summed E-state index contributed by atoms with van der Waals surface area (Å²) in [6.07, 6.45) is -8.62. The molecule has 0 aliphatic carbocycles. The van der Waals surface area contributed by atoms with Crippen LogP contribution in [0.1, 0.15) is 14.9 Å². The lowest BCUT2D eigenvalue weighted by Crippen LogP contribution is -2.30. The lowest BCUT2D eigenvalue weighted by molar-refractivity contribution is -0.245. The van der Waals surface area contributed by atoms with Crippen LogP contribution in [0.4, 0.5) is 0 Å². The van der Waals surface area contributed by atoms with E-state index in [2.05, 4.69) is 117 Å². The molecule has 0 aliphatic rings. The van der Waals surface area contributed by atoms with Crippen LogP contribution < -0.4 is 80.4 Å². The van der Waals surface area contributed by atoms with Gasteiger partial charge in [0.05, 0.1) is 192 Å². The molecule has 0 rings (SSSR count). The topological polar surface area (TPSA) is 838 Å². The molecule has 0 aromatic carbocycles. The predicted molar refractivity (Wildman–Crippen MR) is 347 cm³/mol. The molecule has 0 saturated heterocycles. The molecule has 16 atom stereocenters. The van der Waals surface area contributed by atoms with Crippen molar-refractivity contribution in [3.05, 3.63) is 0 Å². The summed E-state index contributed by atoms with van der Waals surface area (Å²) >= 11 is 0. The maximum absolute atomic E-state index is 12.7. The third-order valence-corrected chi connectivity index (χ3v) is 21.7. The van der Waals surface area contributed by atoms with Crippen LogP contribution in [0.25, 0.3) is 0 Å². The van der Waals surface area contributed by atoms with Gasteiger partial charge in [0.1, 0.15) is 30.5 Å². The molecule has 0 amide bonds. The Kier molecular flexibility index (Phi) is 64.0. The third-order valence-electron chi connectivity index (χ3n) is 10.1. The lowest BCUT2D eigenvalue weighted by atomic mass is 10.4. The van der Waals surface area contributed by atoms with Crippen molar-refractivity contribution in [1.29, 1.82) is 0 Å². The van der Waals surface area contributed by atoms with Crippen molar-refractivity contribution in [1.82, 2.24) is 26.6 Å². The lowest BCUT2D eigenvalue weighted by Gasteiger charge is -2.31. The Morgan fingerprint density at radius 1 is 0.232 bits per heavy atom. The molecule has 0 fully saturated rings. The Hall–Kier alpha value is 0.880. The van der Waals surface area contributed by atoms with E-state index in [1.807, 2.05) is 0 Å². The summed E-state index contributed by atoms with van der Waals surface area (Å²) in [6.45, 7) is -25.0. The maximum Gasteiger partial charge on any atom is 0.470 e. The molecule has 71 heteroatoms. The van der Waals surface area contributed by atoms with E-state index in [1.165, 1.54) is 35.2 Å². The minimum absolute atomic E-state index is 0. The standard InChI is InChI=1S/C39H97N5O54P12.2CH4/c1-40-30-71-21-35(20-45)95-107(63,64)86-17-13-83-104(57,58)91-28-38(24-74-33-43-4)97-109(67,68)88-19-15-85-106(61,62)93-29-39(25-75-34-44-5)98-110(69,70)89-18-14-84-105(59,60)92-27-37(23-73-32-42-3)96-108(65,66)87-16-12-81-102(53,54)79-9-8-77-100(49,50)76-6-7-78-101(51,52)80-10-11-82-103(55,56)90-26-36(22-72-31-41-2)94-99(46,47)48;;/h35-45H,6-34H2,1-5H3,(H,49,50)(H,51,52)(H,53,54)(H,55,56)(H,57,58)(H,59,60)(H,61,62)(H,63,64)(H,65,66)(H,67,68)(H,69,70)(H2,46,47,48);2*1H4/p-11. The van der Waals surface area contributed by atoms with Crippen molar-refractivity contribution in [2.75, 3.05) is 227 Å². The van der Waals surface area contributed by atoms with E-state index in [1.54, 1.807) is 0 Å². The normalized spacial score (nSPS) is 19.6. The Balaban J connectivity index is -0.0000594. The van der Waals surface area contributed by atoms with Gasteiger partial charge in [-0.2, -0.15) is 0 Å². The van der Waals surface area contributed by atoms with Gasteiger partial charge in [-0.25, -0.2) is 4.57 Å². The zero-order chi connectivity index (χ0) is 83.7. The summed E-state index contributed by atoms with van der Waals surface area (Å²) in [5.41, 5.74) is 0. The highest BCUT2D eigenvalue weighted by Crippen LogP contribution is 2.49. The fourth-order valence-corrected chi connectivity index (χ4v) is 14.9. The predicted octanol–water partition coefficient (Wildman–Crippen LogP) is -7.31. The van der Waals surface area contributed by atoms with E-state index in [0.717, 1.165) is 0 Å². The van der Waals surface area contributed by atoms with Crippen LogP contribution >= 0.6 is 93.9 Å². The highest BCUT2D eigenvalue weighted by atomic mass is 31.2. The number of aliphatic hydroxyl groups is 1. The Labute approximate surface area is 642 Å². The fourth-order valence-electron chi connectivity index (χ4n) is 6.11. The van der Waals surface area contributed by atoms with Gasteiger partial charge in [0.2, 0.25) is 0 Å². The second kappa shape index (κ2) is 61.2. The molecule has 0 aromatic heterocycles. The molecule has 16 unspecified atom stereocenters. The monoisotopic (exact) mass is 1890 g/mol. The molecule has 0 spiro atoms. The van der Waals surface area contributed by atoms with Crippen molar-refractivity contribution in [3.8, 4) is 0 Å². The highest BCUT2D eigenvalue weighted by molar-refractivity contribution is 7.49. The van der Waals surface area contributed by atoms with Crippen molar-refractivity contribution in [2.45, 2.75) is 45.4 Å². The largest absolute Gasteiger partial charge is 0.756 e. The van der Waals surface area contributed by atoms with E-state index < -0.39 is 276 Å². The van der Waals surface area contributed by atoms with Crippen molar-refractivity contribution in [2.24, 2.45) is 0 Å². The SMILES string of the molecule is C.C.CNCOCC(COP(=O)([O-])OCCOP(=O)([O-])OCCOP(=O)([O-])OCCOP(=O)([O-])OCCOP(=O)([O-])OC(COCNC)COP(=O)([O-])OCCOP(=O)([O-])OC(COCNC)COP(=O)([O-])OCCOP(=O)([O-])OC(COCNC)COP(=O)([O-])OCCOP(=O)([O-])OC(CO)COCNC)OP(=O)(O)O. The van der Waals surface area contributed by atoms with Crippen LogP contribution in [0.15, 0.2) is 0 Å². The first-order chi connectivity index (χ1) is 51.0. The number of rotatable bonds is 78. The number of aliphatic hydroxyl groups excluding tert-OH is 1. The van der Waals surface area contributed by atoms with Crippen molar-refractivity contribution in [3.63, 3.8) is 0 Å². The molecule has 0 aromatic rings. The van der Waals surface area contributed by atoms with Crippen LogP contribution in [-0.4, -0.2) is 273 Å². The van der Waals surface area contributed by atoms with Crippen LogP contribution in [0.2, 0.25) is 0 Å². The highest BCUT2D eigenvalue weighted by Gasteiger charge is 2.29. The van der Waals surface area contributed by atoms with E-state index in [-0.39, 0.29) is 55.1 Å². The average molecular weight is 1890 g/mol. The molecule has 0 radical (unpaired) electrons. The average Bonchev–Trinajstić information content (AvgIpc) is 0.491. The molecule has 678 valence electrons. The van der Waals surface area contributed by atoms with E-state index >= 15 is 0 Å². The first kappa shape index (κ1) is 117. The summed E-state index contributed by atoms with van der Waals surface area (Å²) in [5, 5.41) is 21.9. The van der Waals surface area contributed by atoms with Gasteiger partial charge in [-0.3, -0.25) is 81.3 Å². The van der Waals surface area contributed by atoms with Crippen molar-refractivity contribution < 1.29 is 251 Å². The van der Waals surface area contributed by atoms with Gasteiger partial charge in [-0.15, -0.1) is 0 Å². The fraction of sp³-hybridized carbons (Fsp3) is 1.00. The number of phosphoric ester groups is 12. The molecule has 0 bridgehead atoms. The van der Waals surface area contributed by atoms with E-state index in [4.69, 9.17) is 47.0 Å². The van der Waals surface area contributed by atoms with Gasteiger partial charge in [0.25, 0.3) is 86.0 Å². The molecule has 59 nitrogen and oxygen atoms in total. The number of phosphoric acid groups is 12. The Bertz CT molecular complexity index is 3100. The zero-order valence-corrected chi connectivity index (χ0v) is 69.2. The van der Waals surface area contributed by atoms with Gasteiger partial charge in [0, 0.05) is 0 Å². The maximum atomic E-state index is 12.7. The van der Waals surface area contributed by atoms with Gasteiger partial charge >= 0.3 is 7.82 Å². The molecule has 112 heavy (non-hydrogen) atoms. The molecule has 8 N–H and O–H groups in total. The Morgan fingerprint density at radius 3 is 0.536 bits per heavy atom. The van der Waals surface area contributed by atoms with Crippen molar-refractivity contribution >= 4 is 93.9 Å². The van der Waals surface area contributed by atoms with E-state index in [0.29, 0.717) is 0 Å². The minimum Gasteiger partial charge on any atom is -0.756 e. The van der Waals surface area contributed by atoms with Crippen LogP contribution in [0.5, 0.6) is 0 Å². The number of ether oxygens (including phenoxy) is 5. The minimum atomic E-state index is -5.61. The third kappa shape index (κ3) is 68.4. The van der Waals surface area contributed by atoms with Gasteiger partial charge in [0.15, 0.2) is 0 Å². The van der Waals surface area contributed by atoms with Crippen LogP contribution in [0, 0.1) is 0 Å². The van der Waals surface area contributed by atoms with Crippen LogP contribution in [0.3, 0.4) is 0 Å². The Morgan fingerprint density at radius 2 is 0.375 bits per heavy atom.